The number of aryl methyl sites for hydroxylation is 2. The van der Waals surface area contributed by atoms with Crippen LogP contribution < -0.4 is 15.0 Å². The zero-order valence-electron chi connectivity index (χ0n) is 15.9. The molecule has 1 heterocycles. The van der Waals surface area contributed by atoms with E-state index in [1.54, 1.807) is 7.11 Å². The molecule has 2 aromatic rings. The molecule has 7 heteroatoms. The lowest BCUT2D eigenvalue weighted by Gasteiger charge is -2.31. The molecule has 1 fully saturated rings. The van der Waals surface area contributed by atoms with Crippen LogP contribution >= 0.6 is 12.2 Å². The molecule has 0 bridgehead atoms. The third kappa shape index (κ3) is 4.26. The molecule has 0 radical (unpaired) electrons. The normalized spacial score (nSPS) is 17.2. The number of methoxy groups -OCH3 is 1. The maximum atomic E-state index is 13.0. The van der Waals surface area contributed by atoms with Crippen LogP contribution in [0.3, 0.4) is 0 Å². The van der Waals surface area contributed by atoms with Gasteiger partial charge in [-0.15, -0.1) is 0 Å². The number of hydrogen-bond donors (Lipinski definition) is 1. The lowest BCUT2D eigenvalue weighted by Crippen LogP contribution is -2.58. The topological polar surface area (TPSA) is 71.0 Å². The number of amides is 2. The molecule has 6 nitrogen and oxygen atoms in total. The summed E-state index contributed by atoms with van der Waals surface area (Å²) in [6, 6.07) is 13.2. The molecule has 1 aliphatic heterocycles. The van der Waals surface area contributed by atoms with E-state index in [0.717, 1.165) is 22.4 Å². The van der Waals surface area contributed by atoms with Gasteiger partial charge in [-0.25, -0.2) is 0 Å². The van der Waals surface area contributed by atoms with Crippen molar-refractivity contribution in [2.45, 2.75) is 20.4 Å². The zero-order valence-corrected chi connectivity index (χ0v) is 16.7. The van der Waals surface area contributed by atoms with Crippen LogP contribution in [-0.4, -0.2) is 30.3 Å². The molecule has 1 N–H and O–H groups in total. The minimum Gasteiger partial charge on any atom is -0.497 e. The highest BCUT2D eigenvalue weighted by Crippen LogP contribution is 2.23. The van der Waals surface area contributed by atoms with Gasteiger partial charge in [-0.3, -0.25) is 19.5 Å². The number of carbonyl (C=O) groups is 2. The second-order valence-corrected chi connectivity index (χ2v) is 7.02. The van der Waals surface area contributed by atoms with Crippen LogP contribution in [0.25, 0.3) is 0 Å². The monoisotopic (exact) mass is 395 g/mol. The molecular weight excluding hydrogens is 374 g/mol. The molecule has 0 aromatic heterocycles. The Kier molecular flexibility index (Phi) is 5.84. The molecule has 0 saturated carbocycles. The maximum absolute atomic E-state index is 13.0. The van der Waals surface area contributed by atoms with Crippen LogP contribution in [0.5, 0.6) is 5.75 Å². The van der Waals surface area contributed by atoms with Gasteiger partial charge in [-0.1, -0.05) is 18.2 Å². The number of nitrogens with zero attached hydrogens (tertiary/aromatic N) is 2. The van der Waals surface area contributed by atoms with Gasteiger partial charge in [0.25, 0.3) is 5.91 Å². The summed E-state index contributed by atoms with van der Waals surface area (Å²) in [6.45, 7) is 4.25. The maximum Gasteiger partial charge on any atom is 0.251 e. The van der Waals surface area contributed by atoms with Crippen molar-refractivity contribution in [3.63, 3.8) is 0 Å². The van der Waals surface area contributed by atoms with Crippen molar-refractivity contribution in [2.24, 2.45) is 10.9 Å². The highest BCUT2D eigenvalue weighted by molar-refractivity contribution is 7.80. The highest BCUT2D eigenvalue weighted by Gasteiger charge is 2.38. The fraction of sp³-hybridized carbons (Fsp3) is 0.238. The van der Waals surface area contributed by atoms with Crippen LogP contribution in [0.4, 0.5) is 5.69 Å². The molecule has 1 aliphatic rings. The third-order valence-electron chi connectivity index (χ3n) is 4.35. The van der Waals surface area contributed by atoms with Gasteiger partial charge in [-0.2, -0.15) is 0 Å². The first-order chi connectivity index (χ1) is 13.4. The first kappa shape index (κ1) is 19.7. The molecular formula is C21H21N3O3S. The fourth-order valence-corrected chi connectivity index (χ4v) is 3.34. The number of anilines is 1. The lowest BCUT2D eigenvalue weighted by atomic mass is 10.0. The highest BCUT2D eigenvalue weighted by atomic mass is 32.1. The lowest BCUT2D eigenvalue weighted by molar-refractivity contribution is -0.130. The summed E-state index contributed by atoms with van der Waals surface area (Å²) >= 11 is 5.23. The largest absolute Gasteiger partial charge is 0.497 e. The Hall–Kier alpha value is -3.06. The average molecular weight is 395 g/mol. The van der Waals surface area contributed by atoms with E-state index in [9.17, 15) is 9.59 Å². The standard InChI is InChI=1S/C21H21N3O3S/c1-13-8-14(2)10-16(9-13)24-20(26)18(19(25)23-21(24)28)12-22-11-15-4-6-17(27-3)7-5-15/h4-10,12,18H,11H2,1-3H3,(H,23,25,28)/t18-/m1/s1. The van der Waals surface area contributed by atoms with E-state index in [-0.39, 0.29) is 5.11 Å². The Morgan fingerprint density at radius 1 is 1.14 bits per heavy atom. The van der Waals surface area contributed by atoms with Gasteiger partial charge in [0.15, 0.2) is 11.0 Å². The summed E-state index contributed by atoms with van der Waals surface area (Å²) in [4.78, 5) is 30.9. The van der Waals surface area contributed by atoms with Gasteiger partial charge in [-0.05, 0) is 67.0 Å². The van der Waals surface area contributed by atoms with Crippen molar-refractivity contribution < 1.29 is 14.3 Å². The van der Waals surface area contributed by atoms with Crippen LogP contribution in [0.1, 0.15) is 16.7 Å². The van der Waals surface area contributed by atoms with Gasteiger partial charge < -0.3 is 10.1 Å². The zero-order chi connectivity index (χ0) is 20.3. The summed E-state index contributed by atoms with van der Waals surface area (Å²) in [7, 11) is 1.60. The molecule has 2 amide bonds. The number of aliphatic imine (C=N–C) groups is 1. The Labute approximate surface area is 169 Å². The SMILES string of the molecule is COc1ccc(CN=C[C@@H]2C(=O)NC(=S)N(c3cc(C)cc(C)c3)C2=O)cc1. The number of hydrogen-bond acceptors (Lipinski definition) is 5. The first-order valence-electron chi connectivity index (χ1n) is 8.79. The quantitative estimate of drug-likeness (QED) is 0.480. The van der Waals surface area contributed by atoms with Gasteiger partial charge in [0.1, 0.15) is 5.75 Å². The van der Waals surface area contributed by atoms with Crippen LogP contribution in [0.2, 0.25) is 0 Å². The van der Waals surface area contributed by atoms with E-state index in [1.165, 1.54) is 11.1 Å². The molecule has 1 saturated heterocycles. The van der Waals surface area contributed by atoms with E-state index in [2.05, 4.69) is 10.3 Å². The van der Waals surface area contributed by atoms with Crippen molar-refractivity contribution in [2.75, 3.05) is 12.0 Å². The molecule has 0 unspecified atom stereocenters. The molecule has 144 valence electrons. The number of ether oxygens (including phenoxy) is 1. The summed E-state index contributed by atoms with van der Waals surface area (Å²) in [6.07, 6.45) is 1.39. The smallest absolute Gasteiger partial charge is 0.251 e. The summed E-state index contributed by atoms with van der Waals surface area (Å²) in [5.41, 5.74) is 3.60. The molecule has 0 spiro atoms. The van der Waals surface area contributed by atoms with Crippen LogP contribution in [0, 0.1) is 19.8 Å². The van der Waals surface area contributed by atoms with Crippen LogP contribution in [0.15, 0.2) is 47.5 Å². The Morgan fingerprint density at radius 3 is 2.39 bits per heavy atom. The number of carbonyl (C=O) groups excluding carboxylic acids is 2. The van der Waals surface area contributed by atoms with Gasteiger partial charge in [0, 0.05) is 6.21 Å². The summed E-state index contributed by atoms with van der Waals surface area (Å²) in [5.74, 6) is -1.13. The number of nitrogens with one attached hydrogen (secondary N) is 1. The molecule has 0 aliphatic carbocycles. The van der Waals surface area contributed by atoms with Crippen molar-refractivity contribution in [3.05, 3.63) is 59.2 Å². The second kappa shape index (κ2) is 8.31. The second-order valence-electron chi connectivity index (χ2n) is 6.63. The van der Waals surface area contributed by atoms with E-state index in [4.69, 9.17) is 17.0 Å². The van der Waals surface area contributed by atoms with Gasteiger partial charge >= 0.3 is 0 Å². The number of benzene rings is 2. The van der Waals surface area contributed by atoms with E-state index in [1.807, 2.05) is 56.3 Å². The minimum atomic E-state index is -1.02. The Morgan fingerprint density at radius 2 is 1.79 bits per heavy atom. The van der Waals surface area contributed by atoms with E-state index >= 15 is 0 Å². The summed E-state index contributed by atoms with van der Waals surface area (Å²) in [5, 5.41) is 2.68. The molecule has 1 atom stereocenters. The van der Waals surface area contributed by atoms with Crippen molar-refractivity contribution in [1.29, 1.82) is 0 Å². The van der Waals surface area contributed by atoms with E-state index in [0.29, 0.717) is 12.2 Å². The number of rotatable bonds is 5. The fourth-order valence-electron chi connectivity index (χ4n) is 3.04. The predicted molar refractivity (Wildman–Crippen MR) is 113 cm³/mol. The third-order valence-corrected chi connectivity index (χ3v) is 4.64. The van der Waals surface area contributed by atoms with Crippen molar-refractivity contribution >= 4 is 41.0 Å². The summed E-state index contributed by atoms with van der Waals surface area (Å²) < 4.78 is 5.12. The van der Waals surface area contributed by atoms with Gasteiger partial charge in [0.05, 0.1) is 19.3 Å². The Bertz CT molecular complexity index is 934. The molecule has 2 aromatic carbocycles. The molecule has 28 heavy (non-hydrogen) atoms. The van der Waals surface area contributed by atoms with Crippen molar-refractivity contribution in [1.82, 2.24) is 5.32 Å². The first-order valence-corrected chi connectivity index (χ1v) is 9.20. The average Bonchev–Trinajstić information content (AvgIpc) is 2.64. The van der Waals surface area contributed by atoms with Gasteiger partial charge in [0.2, 0.25) is 5.91 Å². The molecule has 3 rings (SSSR count). The van der Waals surface area contributed by atoms with E-state index < -0.39 is 17.7 Å². The number of thiocarbonyl (C=S) groups is 1. The predicted octanol–water partition coefficient (Wildman–Crippen LogP) is 2.95. The van der Waals surface area contributed by atoms with Crippen molar-refractivity contribution in [3.8, 4) is 5.75 Å². The minimum absolute atomic E-state index is 0.0832. The Balaban J connectivity index is 1.79. The van der Waals surface area contributed by atoms with Crippen LogP contribution in [-0.2, 0) is 16.1 Å².